The van der Waals surface area contributed by atoms with Crippen molar-refractivity contribution in [2.75, 3.05) is 31.1 Å². The number of hydrogen-bond acceptors (Lipinski definition) is 3. The SMILES string of the molecule is CC(=O)N1CCN(c2ccc(C(=O)O)c(C)c2)CC1. The molecule has 1 heterocycles. The lowest BCUT2D eigenvalue weighted by Crippen LogP contribution is -2.48. The third-order valence-electron chi connectivity index (χ3n) is 3.53. The fraction of sp³-hybridized carbons (Fsp3) is 0.429. The summed E-state index contributed by atoms with van der Waals surface area (Å²) in [6.45, 7) is 6.39. The molecule has 5 heteroatoms. The Morgan fingerprint density at radius 1 is 1.16 bits per heavy atom. The van der Waals surface area contributed by atoms with Gasteiger partial charge < -0.3 is 14.9 Å². The Labute approximate surface area is 112 Å². The van der Waals surface area contributed by atoms with Gasteiger partial charge in [0.1, 0.15) is 0 Å². The predicted octanol–water partition coefficient (Wildman–Crippen LogP) is 1.36. The summed E-state index contributed by atoms with van der Waals surface area (Å²) in [6, 6.07) is 5.37. The highest BCUT2D eigenvalue weighted by atomic mass is 16.4. The number of benzene rings is 1. The molecule has 1 aromatic rings. The van der Waals surface area contributed by atoms with Gasteiger partial charge in [0.2, 0.25) is 5.91 Å². The quantitative estimate of drug-likeness (QED) is 0.874. The number of carbonyl (C=O) groups excluding carboxylic acids is 1. The van der Waals surface area contributed by atoms with Crippen LogP contribution in [-0.2, 0) is 4.79 Å². The van der Waals surface area contributed by atoms with Gasteiger partial charge in [-0.1, -0.05) is 0 Å². The number of nitrogens with zero attached hydrogens (tertiary/aromatic N) is 2. The monoisotopic (exact) mass is 262 g/mol. The fourth-order valence-corrected chi connectivity index (χ4v) is 2.36. The van der Waals surface area contributed by atoms with Crippen molar-refractivity contribution in [1.29, 1.82) is 0 Å². The summed E-state index contributed by atoms with van der Waals surface area (Å²) in [6.07, 6.45) is 0. The van der Waals surface area contributed by atoms with Gasteiger partial charge in [-0.25, -0.2) is 4.79 Å². The second-order valence-corrected chi connectivity index (χ2v) is 4.80. The van der Waals surface area contributed by atoms with E-state index in [1.165, 1.54) is 0 Å². The van der Waals surface area contributed by atoms with E-state index in [0.29, 0.717) is 5.56 Å². The van der Waals surface area contributed by atoms with Crippen LogP contribution < -0.4 is 4.90 Å². The van der Waals surface area contributed by atoms with Crippen molar-refractivity contribution >= 4 is 17.6 Å². The molecule has 1 saturated heterocycles. The molecule has 0 radical (unpaired) electrons. The van der Waals surface area contributed by atoms with Crippen LogP contribution in [0.4, 0.5) is 5.69 Å². The van der Waals surface area contributed by atoms with Gasteiger partial charge in [0.25, 0.3) is 0 Å². The van der Waals surface area contributed by atoms with Gasteiger partial charge >= 0.3 is 5.97 Å². The smallest absolute Gasteiger partial charge is 0.335 e. The Morgan fingerprint density at radius 3 is 2.26 bits per heavy atom. The molecule has 0 unspecified atom stereocenters. The summed E-state index contributed by atoms with van der Waals surface area (Å²) in [7, 11) is 0. The van der Waals surface area contributed by atoms with Crippen LogP contribution in [0, 0.1) is 6.92 Å². The fourth-order valence-electron chi connectivity index (χ4n) is 2.36. The average Bonchev–Trinajstić information content (AvgIpc) is 2.38. The third kappa shape index (κ3) is 2.86. The minimum Gasteiger partial charge on any atom is -0.478 e. The van der Waals surface area contributed by atoms with Crippen LogP contribution in [0.15, 0.2) is 18.2 Å². The molecule has 0 bridgehead atoms. The highest BCUT2D eigenvalue weighted by Gasteiger charge is 2.19. The number of aromatic carboxylic acids is 1. The zero-order chi connectivity index (χ0) is 14.0. The zero-order valence-electron chi connectivity index (χ0n) is 11.2. The second-order valence-electron chi connectivity index (χ2n) is 4.80. The molecule has 1 aliphatic heterocycles. The molecule has 5 nitrogen and oxygen atoms in total. The highest BCUT2D eigenvalue weighted by molar-refractivity contribution is 5.89. The van der Waals surface area contributed by atoms with Crippen molar-refractivity contribution in [3.63, 3.8) is 0 Å². The first-order valence-electron chi connectivity index (χ1n) is 6.33. The standard InChI is InChI=1S/C14H18N2O3/c1-10-9-12(3-4-13(10)14(18)19)16-7-5-15(6-8-16)11(2)17/h3-4,9H,5-8H2,1-2H3,(H,18,19). The van der Waals surface area contributed by atoms with E-state index in [2.05, 4.69) is 4.90 Å². The lowest BCUT2D eigenvalue weighted by Gasteiger charge is -2.35. The largest absolute Gasteiger partial charge is 0.478 e. The summed E-state index contributed by atoms with van der Waals surface area (Å²) in [5.74, 6) is -0.789. The Bertz CT molecular complexity index is 505. The minimum absolute atomic E-state index is 0.108. The van der Waals surface area contributed by atoms with E-state index in [9.17, 15) is 9.59 Å². The minimum atomic E-state index is -0.898. The number of anilines is 1. The van der Waals surface area contributed by atoms with Crippen LogP contribution in [0.25, 0.3) is 0 Å². The molecule has 1 aromatic carbocycles. The molecule has 1 amide bonds. The molecule has 0 atom stereocenters. The van der Waals surface area contributed by atoms with Crippen molar-refractivity contribution in [3.8, 4) is 0 Å². The van der Waals surface area contributed by atoms with Gasteiger partial charge in [-0.3, -0.25) is 4.79 Å². The Kier molecular flexibility index (Phi) is 3.74. The van der Waals surface area contributed by atoms with Crippen LogP contribution in [0.1, 0.15) is 22.8 Å². The Hall–Kier alpha value is -2.04. The van der Waals surface area contributed by atoms with Crippen LogP contribution >= 0.6 is 0 Å². The lowest BCUT2D eigenvalue weighted by molar-refractivity contribution is -0.129. The number of carboxylic acids is 1. The van der Waals surface area contributed by atoms with E-state index >= 15 is 0 Å². The maximum absolute atomic E-state index is 11.3. The normalized spacial score (nSPS) is 15.5. The van der Waals surface area contributed by atoms with Crippen LogP contribution in [0.2, 0.25) is 0 Å². The maximum Gasteiger partial charge on any atom is 0.335 e. The molecule has 1 N–H and O–H groups in total. The Balaban J connectivity index is 2.10. The van der Waals surface area contributed by atoms with E-state index in [0.717, 1.165) is 37.4 Å². The van der Waals surface area contributed by atoms with Crippen molar-refractivity contribution in [2.45, 2.75) is 13.8 Å². The first-order chi connectivity index (χ1) is 8.99. The van der Waals surface area contributed by atoms with Gasteiger partial charge in [0.15, 0.2) is 0 Å². The number of aryl methyl sites for hydroxylation is 1. The van der Waals surface area contributed by atoms with Gasteiger partial charge in [0, 0.05) is 38.8 Å². The van der Waals surface area contributed by atoms with E-state index < -0.39 is 5.97 Å². The van der Waals surface area contributed by atoms with Gasteiger partial charge in [-0.2, -0.15) is 0 Å². The Morgan fingerprint density at radius 2 is 1.79 bits per heavy atom. The summed E-state index contributed by atoms with van der Waals surface area (Å²) >= 11 is 0. The second kappa shape index (κ2) is 5.30. The van der Waals surface area contributed by atoms with E-state index in [1.807, 2.05) is 17.0 Å². The molecule has 0 aromatic heterocycles. The lowest BCUT2D eigenvalue weighted by atomic mass is 10.1. The van der Waals surface area contributed by atoms with Gasteiger partial charge in [-0.15, -0.1) is 0 Å². The van der Waals surface area contributed by atoms with Gasteiger partial charge in [-0.05, 0) is 30.7 Å². The molecule has 1 fully saturated rings. The van der Waals surface area contributed by atoms with Crippen molar-refractivity contribution in [1.82, 2.24) is 4.90 Å². The van der Waals surface area contributed by atoms with E-state index in [1.54, 1.807) is 19.9 Å². The molecule has 1 aliphatic rings. The molecule has 102 valence electrons. The van der Waals surface area contributed by atoms with Crippen molar-refractivity contribution in [2.24, 2.45) is 0 Å². The number of rotatable bonds is 2. The number of hydrogen-bond donors (Lipinski definition) is 1. The molecule has 0 saturated carbocycles. The number of amides is 1. The predicted molar refractivity (Wildman–Crippen MR) is 72.6 cm³/mol. The van der Waals surface area contributed by atoms with E-state index in [-0.39, 0.29) is 5.91 Å². The average molecular weight is 262 g/mol. The van der Waals surface area contributed by atoms with Gasteiger partial charge in [0.05, 0.1) is 5.56 Å². The zero-order valence-corrected chi connectivity index (χ0v) is 11.2. The molecule has 0 aliphatic carbocycles. The first-order valence-corrected chi connectivity index (χ1v) is 6.33. The number of carbonyl (C=O) groups is 2. The summed E-state index contributed by atoms with van der Waals surface area (Å²) < 4.78 is 0. The number of piperazine rings is 1. The van der Waals surface area contributed by atoms with Crippen LogP contribution in [0.3, 0.4) is 0 Å². The third-order valence-corrected chi connectivity index (χ3v) is 3.53. The molecular formula is C14H18N2O3. The number of carboxylic acid groups (broad SMARTS) is 1. The summed E-state index contributed by atoms with van der Waals surface area (Å²) in [5.41, 5.74) is 2.12. The molecular weight excluding hydrogens is 244 g/mol. The summed E-state index contributed by atoms with van der Waals surface area (Å²) in [5, 5.41) is 9.00. The topological polar surface area (TPSA) is 60.9 Å². The molecule has 0 spiro atoms. The van der Waals surface area contributed by atoms with Crippen molar-refractivity contribution in [3.05, 3.63) is 29.3 Å². The van der Waals surface area contributed by atoms with Crippen LogP contribution in [-0.4, -0.2) is 48.1 Å². The summed E-state index contributed by atoms with van der Waals surface area (Å²) in [4.78, 5) is 26.2. The first kappa shape index (κ1) is 13.4. The van der Waals surface area contributed by atoms with Crippen molar-refractivity contribution < 1.29 is 14.7 Å². The highest BCUT2D eigenvalue weighted by Crippen LogP contribution is 2.20. The maximum atomic E-state index is 11.3. The molecule has 19 heavy (non-hydrogen) atoms. The molecule has 2 rings (SSSR count). The van der Waals surface area contributed by atoms with Crippen LogP contribution in [0.5, 0.6) is 0 Å². The van der Waals surface area contributed by atoms with E-state index in [4.69, 9.17) is 5.11 Å².